The normalized spacial score (nSPS) is 20.8. The predicted octanol–water partition coefficient (Wildman–Crippen LogP) is 2.41. The van der Waals surface area contributed by atoms with E-state index in [0.717, 1.165) is 24.9 Å². The lowest BCUT2D eigenvalue weighted by Gasteiger charge is -2.17. The van der Waals surface area contributed by atoms with E-state index in [1.165, 1.54) is 5.56 Å². The molecule has 0 radical (unpaired) electrons. The van der Waals surface area contributed by atoms with Crippen LogP contribution in [0.2, 0.25) is 0 Å². The first-order chi connectivity index (χ1) is 8.70. The summed E-state index contributed by atoms with van der Waals surface area (Å²) in [5.41, 5.74) is 7.76. The molecule has 3 N–H and O–H groups in total. The van der Waals surface area contributed by atoms with Crippen LogP contribution in [0, 0.1) is 0 Å². The van der Waals surface area contributed by atoms with Gasteiger partial charge < -0.3 is 11.1 Å². The smallest absolute Gasteiger partial charge is 0.237 e. The van der Waals surface area contributed by atoms with Gasteiger partial charge in [-0.3, -0.25) is 4.79 Å². The molecule has 1 aromatic carbocycles. The van der Waals surface area contributed by atoms with Crippen molar-refractivity contribution in [2.75, 3.05) is 11.9 Å². The molecule has 2 unspecified atom stereocenters. The summed E-state index contributed by atoms with van der Waals surface area (Å²) in [5.74, 6) is 0.133. The first kappa shape index (κ1) is 13.4. The number of carbonyl (C=O) groups is 1. The third-order valence-electron chi connectivity index (χ3n) is 3.21. The summed E-state index contributed by atoms with van der Waals surface area (Å²) in [7, 11) is 0. The molecule has 4 heteroatoms. The van der Waals surface area contributed by atoms with E-state index >= 15 is 0 Å². The second-order valence-electron chi connectivity index (χ2n) is 4.70. The maximum atomic E-state index is 12.2. The SMILES string of the molecule is CC(CCN)SC1CCc2ccccc2NC1=O. The van der Waals surface area contributed by atoms with Gasteiger partial charge in [-0.1, -0.05) is 25.1 Å². The Labute approximate surface area is 113 Å². The number of para-hydroxylation sites is 1. The van der Waals surface area contributed by atoms with E-state index in [-0.39, 0.29) is 11.2 Å². The monoisotopic (exact) mass is 264 g/mol. The molecule has 1 aliphatic heterocycles. The predicted molar refractivity (Wildman–Crippen MR) is 77.9 cm³/mol. The molecule has 1 aromatic rings. The van der Waals surface area contributed by atoms with E-state index in [4.69, 9.17) is 5.73 Å². The van der Waals surface area contributed by atoms with Crippen molar-refractivity contribution in [2.45, 2.75) is 36.7 Å². The molecule has 98 valence electrons. The molecule has 0 aliphatic carbocycles. The first-order valence-electron chi connectivity index (χ1n) is 6.45. The van der Waals surface area contributed by atoms with E-state index in [1.807, 2.05) is 18.2 Å². The number of thioether (sulfide) groups is 1. The number of hydrogen-bond acceptors (Lipinski definition) is 3. The Balaban J connectivity index is 2.03. The van der Waals surface area contributed by atoms with Gasteiger partial charge in [-0.15, -0.1) is 11.8 Å². The number of hydrogen-bond donors (Lipinski definition) is 2. The summed E-state index contributed by atoms with van der Waals surface area (Å²) in [4.78, 5) is 12.2. The summed E-state index contributed by atoms with van der Waals surface area (Å²) in [5, 5.41) is 3.51. The third kappa shape index (κ3) is 3.27. The maximum Gasteiger partial charge on any atom is 0.237 e. The molecule has 0 fully saturated rings. The molecule has 0 saturated heterocycles. The zero-order valence-electron chi connectivity index (χ0n) is 10.7. The molecule has 2 rings (SSSR count). The van der Waals surface area contributed by atoms with Crippen LogP contribution in [0.3, 0.4) is 0 Å². The van der Waals surface area contributed by atoms with Crippen LogP contribution in [0.25, 0.3) is 0 Å². The molecule has 18 heavy (non-hydrogen) atoms. The number of nitrogens with one attached hydrogen (secondary N) is 1. The van der Waals surface area contributed by atoms with Crippen molar-refractivity contribution in [3.05, 3.63) is 29.8 Å². The van der Waals surface area contributed by atoms with E-state index in [2.05, 4.69) is 18.3 Å². The average molecular weight is 264 g/mol. The fraction of sp³-hybridized carbons (Fsp3) is 0.500. The molecule has 0 spiro atoms. The summed E-state index contributed by atoms with van der Waals surface area (Å²) < 4.78 is 0. The summed E-state index contributed by atoms with van der Waals surface area (Å²) in [6.45, 7) is 2.82. The van der Waals surface area contributed by atoms with E-state index in [0.29, 0.717) is 11.8 Å². The van der Waals surface area contributed by atoms with E-state index < -0.39 is 0 Å². The summed E-state index contributed by atoms with van der Waals surface area (Å²) in [6.07, 6.45) is 2.83. The van der Waals surface area contributed by atoms with Gasteiger partial charge in [0.25, 0.3) is 0 Å². The fourth-order valence-electron chi connectivity index (χ4n) is 2.20. The molecular weight excluding hydrogens is 244 g/mol. The molecule has 0 bridgehead atoms. The minimum atomic E-state index is 0.0407. The minimum Gasteiger partial charge on any atom is -0.330 e. The van der Waals surface area contributed by atoms with Crippen LogP contribution in [0.5, 0.6) is 0 Å². The highest BCUT2D eigenvalue weighted by Gasteiger charge is 2.25. The van der Waals surface area contributed by atoms with Crippen molar-refractivity contribution < 1.29 is 4.79 Å². The van der Waals surface area contributed by atoms with Gasteiger partial charge in [-0.25, -0.2) is 0 Å². The molecule has 1 heterocycles. The van der Waals surface area contributed by atoms with Gasteiger partial charge in [0, 0.05) is 10.9 Å². The van der Waals surface area contributed by atoms with Crippen LogP contribution < -0.4 is 11.1 Å². The van der Waals surface area contributed by atoms with E-state index in [9.17, 15) is 4.79 Å². The van der Waals surface area contributed by atoms with Crippen LogP contribution in [0.4, 0.5) is 5.69 Å². The number of fused-ring (bicyclic) bond motifs is 1. The molecule has 1 amide bonds. The highest BCUT2D eigenvalue weighted by Crippen LogP contribution is 2.29. The van der Waals surface area contributed by atoms with Gasteiger partial charge in [-0.05, 0) is 37.4 Å². The van der Waals surface area contributed by atoms with Crippen LogP contribution in [-0.4, -0.2) is 23.0 Å². The Kier molecular flexibility index (Phi) is 4.66. The lowest BCUT2D eigenvalue weighted by Crippen LogP contribution is -2.26. The Morgan fingerprint density at radius 2 is 2.28 bits per heavy atom. The molecular formula is C14H20N2OS. The van der Waals surface area contributed by atoms with Crippen molar-refractivity contribution in [3.8, 4) is 0 Å². The number of carbonyl (C=O) groups excluding carboxylic acids is 1. The molecule has 2 atom stereocenters. The third-order valence-corrected chi connectivity index (χ3v) is 4.69. The van der Waals surface area contributed by atoms with Crippen molar-refractivity contribution >= 4 is 23.4 Å². The summed E-state index contributed by atoms with van der Waals surface area (Å²) in [6, 6.07) is 8.05. The number of aryl methyl sites for hydroxylation is 1. The molecule has 3 nitrogen and oxygen atoms in total. The van der Waals surface area contributed by atoms with Gasteiger partial charge in [0.15, 0.2) is 0 Å². The second-order valence-corrected chi connectivity index (χ2v) is 6.34. The Hall–Kier alpha value is -1.00. The number of anilines is 1. The highest BCUT2D eigenvalue weighted by atomic mass is 32.2. The van der Waals surface area contributed by atoms with Crippen LogP contribution in [0.15, 0.2) is 24.3 Å². The largest absolute Gasteiger partial charge is 0.330 e. The van der Waals surface area contributed by atoms with Crippen molar-refractivity contribution in [1.29, 1.82) is 0 Å². The minimum absolute atomic E-state index is 0.0407. The lowest BCUT2D eigenvalue weighted by molar-refractivity contribution is -0.115. The maximum absolute atomic E-state index is 12.2. The van der Waals surface area contributed by atoms with Gasteiger partial charge in [0.05, 0.1) is 5.25 Å². The zero-order valence-corrected chi connectivity index (χ0v) is 11.5. The molecule has 0 saturated carbocycles. The quantitative estimate of drug-likeness (QED) is 0.878. The van der Waals surface area contributed by atoms with E-state index in [1.54, 1.807) is 11.8 Å². The topological polar surface area (TPSA) is 55.1 Å². The van der Waals surface area contributed by atoms with Crippen LogP contribution >= 0.6 is 11.8 Å². The number of nitrogens with two attached hydrogens (primary N) is 1. The second kappa shape index (κ2) is 6.25. The van der Waals surface area contributed by atoms with Gasteiger partial charge in [0.1, 0.15) is 0 Å². The van der Waals surface area contributed by atoms with Crippen molar-refractivity contribution in [1.82, 2.24) is 0 Å². The lowest BCUT2D eigenvalue weighted by atomic mass is 10.1. The number of benzene rings is 1. The van der Waals surface area contributed by atoms with Gasteiger partial charge in [-0.2, -0.15) is 0 Å². The van der Waals surface area contributed by atoms with Crippen molar-refractivity contribution in [3.63, 3.8) is 0 Å². The molecule has 1 aliphatic rings. The Morgan fingerprint density at radius 1 is 1.50 bits per heavy atom. The fourth-order valence-corrected chi connectivity index (χ4v) is 3.47. The number of rotatable bonds is 4. The average Bonchev–Trinajstić information content (AvgIpc) is 2.50. The zero-order chi connectivity index (χ0) is 13.0. The number of amides is 1. The van der Waals surface area contributed by atoms with Crippen LogP contribution in [0.1, 0.15) is 25.3 Å². The highest BCUT2D eigenvalue weighted by molar-refractivity contribution is 8.01. The standard InChI is InChI=1S/C14H20N2OS/c1-10(8-9-15)18-13-7-6-11-4-2-3-5-12(11)16-14(13)17/h2-5,10,13H,6-9,15H2,1H3,(H,16,17). The Bertz CT molecular complexity index is 422. The Morgan fingerprint density at radius 3 is 3.06 bits per heavy atom. The summed E-state index contributed by atoms with van der Waals surface area (Å²) >= 11 is 1.75. The first-order valence-corrected chi connectivity index (χ1v) is 7.39. The van der Waals surface area contributed by atoms with Crippen molar-refractivity contribution in [2.24, 2.45) is 5.73 Å². The molecule has 0 aromatic heterocycles. The van der Waals surface area contributed by atoms with Gasteiger partial charge in [0.2, 0.25) is 5.91 Å². The van der Waals surface area contributed by atoms with Crippen LogP contribution in [-0.2, 0) is 11.2 Å². The van der Waals surface area contributed by atoms with Gasteiger partial charge >= 0.3 is 0 Å².